The molecule has 29 heavy (non-hydrogen) atoms. The molecule has 154 valence electrons. The Kier molecular flexibility index (Phi) is 7.04. The highest BCUT2D eigenvalue weighted by Crippen LogP contribution is 2.40. The smallest absolute Gasteiger partial charge is 0.237 e. The minimum Gasteiger partial charge on any atom is -0.468 e. The van der Waals surface area contributed by atoms with Crippen LogP contribution in [0.1, 0.15) is 49.5 Å². The van der Waals surface area contributed by atoms with E-state index in [-0.39, 0.29) is 28.2 Å². The van der Waals surface area contributed by atoms with Crippen LogP contribution in [0.25, 0.3) is 0 Å². The van der Waals surface area contributed by atoms with E-state index in [2.05, 4.69) is 10.8 Å². The summed E-state index contributed by atoms with van der Waals surface area (Å²) in [6.07, 6.45) is 5.41. The number of nitriles is 1. The Morgan fingerprint density at radius 1 is 1.17 bits per heavy atom. The molecule has 0 saturated heterocycles. The van der Waals surface area contributed by atoms with E-state index in [0.29, 0.717) is 18.6 Å². The molecule has 1 heterocycles. The Morgan fingerprint density at radius 2 is 1.90 bits per heavy atom. The van der Waals surface area contributed by atoms with Crippen molar-refractivity contribution in [2.75, 3.05) is 5.75 Å². The minimum absolute atomic E-state index is 0.174. The van der Waals surface area contributed by atoms with Gasteiger partial charge < -0.3 is 4.42 Å². The largest absolute Gasteiger partial charge is 0.468 e. The Labute approximate surface area is 175 Å². The van der Waals surface area contributed by atoms with Gasteiger partial charge >= 0.3 is 0 Å². The normalized spacial score (nSPS) is 17.2. The van der Waals surface area contributed by atoms with Crippen LogP contribution in [0.15, 0.2) is 58.0 Å². The molecular formula is C21H24N2O4S2. The summed E-state index contributed by atoms with van der Waals surface area (Å²) in [5.74, 6) is 0.114. The van der Waals surface area contributed by atoms with E-state index >= 15 is 0 Å². The summed E-state index contributed by atoms with van der Waals surface area (Å²) in [6.45, 7) is 0. The Bertz CT molecular complexity index is 944. The fraction of sp³-hybridized carbons (Fsp3) is 0.429. The molecule has 0 spiro atoms. The van der Waals surface area contributed by atoms with Crippen molar-refractivity contribution < 1.29 is 17.6 Å². The van der Waals surface area contributed by atoms with Crippen LogP contribution in [0.3, 0.4) is 0 Å². The van der Waals surface area contributed by atoms with Crippen LogP contribution in [0, 0.1) is 16.7 Å². The van der Waals surface area contributed by atoms with Crippen molar-refractivity contribution >= 4 is 27.7 Å². The van der Waals surface area contributed by atoms with Crippen LogP contribution < -0.4 is 4.72 Å². The summed E-state index contributed by atoms with van der Waals surface area (Å²) in [5.41, 5.74) is -0.958. The lowest BCUT2D eigenvalue weighted by molar-refractivity contribution is -0.129. The van der Waals surface area contributed by atoms with Gasteiger partial charge in [0.2, 0.25) is 5.91 Å². The minimum atomic E-state index is -3.60. The lowest BCUT2D eigenvalue weighted by Crippen LogP contribution is -2.45. The number of benzene rings is 1. The van der Waals surface area contributed by atoms with Gasteiger partial charge in [-0.2, -0.15) is 5.26 Å². The van der Waals surface area contributed by atoms with E-state index in [1.54, 1.807) is 42.5 Å². The van der Waals surface area contributed by atoms with Crippen molar-refractivity contribution in [2.24, 2.45) is 5.41 Å². The fourth-order valence-electron chi connectivity index (χ4n) is 3.73. The number of nitrogens with one attached hydrogen (secondary N) is 1. The maximum atomic E-state index is 13.2. The van der Waals surface area contributed by atoms with Crippen molar-refractivity contribution in [1.29, 1.82) is 5.26 Å². The Balaban J connectivity index is 1.77. The van der Waals surface area contributed by atoms with Gasteiger partial charge in [0, 0.05) is 0 Å². The molecule has 1 amide bonds. The number of carbonyl (C=O) groups excluding carboxylic acids is 1. The number of hydrogen-bond donors (Lipinski definition) is 1. The van der Waals surface area contributed by atoms with Crippen LogP contribution in [0.5, 0.6) is 0 Å². The van der Waals surface area contributed by atoms with Gasteiger partial charge in [0.1, 0.15) is 5.76 Å². The van der Waals surface area contributed by atoms with Crippen LogP contribution in [0.4, 0.5) is 0 Å². The fourth-order valence-corrected chi connectivity index (χ4v) is 6.49. The van der Waals surface area contributed by atoms with Gasteiger partial charge in [0.15, 0.2) is 9.84 Å². The summed E-state index contributed by atoms with van der Waals surface area (Å²) in [7, 11) is -3.60. The zero-order chi connectivity index (χ0) is 20.7. The molecule has 1 saturated carbocycles. The van der Waals surface area contributed by atoms with E-state index in [0.717, 1.165) is 31.2 Å². The first-order valence-corrected chi connectivity index (χ1v) is 12.1. The van der Waals surface area contributed by atoms with Gasteiger partial charge in [-0.05, 0) is 49.1 Å². The first-order chi connectivity index (χ1) is 14.0. The highest BCUT2D eigenvalue weighted by atomic mass is 32.2. The van der Waals surface area contributed by atoms with Crippen molar-refractivity contribution in [1.82, 2.24) is 4.72 Å². The van der Waals surface area contributed by atoms with Gasteiger partial charge in [0.05, 0.1) is 40.1 Å². The zero-order valence-corrected chi connectivity index (χ0v) is 17.7. The average Bonchev–Trinajstić information content (AvgIpc) is 3.26. The Morgan fingerprint density at radius 3 is 2.52 bits per heavy atom. The topological polar surface area (TPSA) is 100 Å². The van der Waals surface area contributed by atoms with Crippen molar-refractivity contribution in [3.63, 3.8) is 0 Å². The number of sulfone groups is 1. The maximum Gasteiger partial charge on any atom is 0.237 e. The summed E-state index contributed by atoms with van der Waals surface area (Å²) in [5, 5.41) is 8.74. The van der Waals surface area contributed by atoms with Gasteiger partial charge in [-0.1, -0.05) is 37.5 Å². The highest BCUT2D eigenvalue weighted by Gasteiger charge is 2.44. The van der Waals surface area contributed by atoms with Crippen LogP contribution >= 0.6 is 11.9 Å². The van der Waals surface area contributed by atoms with Gasteiger partial charge in [-0.3, -0.25) is 9.52 Å². The molecule has 0 aliphatic heterocycles. The molecule has 8 heteroatoms. The third-order valence-electron chi connectivity index (χ3n) is 5.29. The predicted octanol–water partition coefficient (Wildman–Crippen LogP) is 4.42. The van der Waals surface area contributed by atoms with E-state index in [1.165, 1.54) is 6.26 Å². The molecule has 1 aromatic carbocycles. The number of amides is 1. The second-order valence-electron chi connectivity index (χ2n) is 7.33. The third-order valence-corrected chi connectivity index (χ3v) is 8.20. The van der Waals surface area contributed by atoms with E-state index in [4.69, 9.17) is 9.68 Å². The van der Waals surface area contributed by atoms with E-state index in [9.17, 15) is 13.2 Å². The Hall–Kier alpha value is -2.24. The summed E-state index contributed by atoms with van der Waals surface area (Å²) < 4.78 is 34.2. The second kappa shape index (κ2) is 9.51. The first-order valence-electron chi connectivity index (χ1n) is 9.61. The molecule has 1 N–H and O–H groups in total. The number of rotatable bonds is 8. The first kappa shape index (κ1) is 21.5. The molecule has 2 aromatic rings. The van der Waals surface area contributed by atoms with Gasteiger partial charge in [-0.15, -0.1) is 0 Å². The van der Waals surface area contributed by atoms with Crippen LogP contribution in [0.2, 0.25) is 0 Å². The second-order valence-corrected chi connectivity index (χ2v) is 10.3. The molecule has 0 bridgehead atoms. The third kappa shape index (κ3) is 5.22. The molecule has 3 rings (SSSR count). The summed E-state index contributed by atoms with van der Waals surface area (Å²) in [4.78, 5) is 13.4. The van der Waals surface area contributed by atoms with Crippen molar-refractivity contribution in [2.45, 2.75) is 48.7 Å². The highest BCUT2D eigenvalue weighted by molar-refractivity contribution is 7.98. The van der Waals surface area contributed by atoms with Crippen molar-refractivity contribution in [3.8, 4) is 6.07 Å². The quantitative estimate of drug-likeness (QED) is 0.620. The molecule has 6 nitrogen and oxygen atoms in total. The number of carbonyl (C=O) groups is 1. The van der Waals surface area contributed by atoms with Crippen LogP contribution in [-0.4, -0.2) is 20.1 Å². The number of hydrogen-bond acceptors (Lipinski definition) is 6. The van der Waals surface area contributed by atoms with Crippen LogP contribution in [-0.2, 0) is 14.6 Å². The molecule has 1 fully saturated rings. The summed E-state index contributed by atoms with van der Waals surface area (Å²) >= 11 is 1.12. The lowest BCUT2D eigenvalue weighted by atomic mass is 9.75. The summed E-state index contributed by atoms with van der Waals surface area (Å²) in [6, 6.07) is 13.9. The zero-order valence-electron chi connectivity index (χ0n) is 16.0. The maximum absolute atomic E-state index is 13.2. The monoisotopic (exact) mass is 432 g/mol. The molecule has 1 unspecified atom stereocenters. The number of furan rings is 1. The SMILES string of the molecule is N#CCC(SNC(=O)C1(CS(=O)(=O)c2ccccc2)CCCCC1)c1ccco1. The average molecular weight is 433 g/mol. The molecule has 1 atom stereocenters. The molecular weight excluding hydrogens is 408 g/mol. The lowest BCUT2D eigenvalue weighted by Gasteiger charge is -2.35. The standard InChI is InChI=1S/C21H24N2O4S2/c22-14-11-19(18-10-7-15-27-18)28-23-20(24)21(12-5-2-6-13-21)16-29(25,26)17-8-3-1-4-9-17/h1,3-4,7-10,15,19H,2,5-6,11-13,16H2,(H,23,24). The molecule has 0 radical (unpaired) electrons. The van der Waals surface area contributed by atoms with Crippen molar-refractivity contribution in [3.05, 3.63) is 54.5 Å². The van der Waals surface area contributed by atoms with Gasteiger partial charge in [-0.25, -0.2) is 8.42 Å². The molecule has 1 aliphatic carbocycles. The predicted molar refractivity (Wildman–Crippen MR) is 111 cm³/mol. The number of nitrogens with zero attached hydrogens (tertiary/aromatic N) is 1. The van der Waals surface area contributed by atoms with Gasteiger partial charge in [0.25, 0.3) is 0 Å². The van der Waals surface area contributed by atoms with E-state index < -0.39 is 15.3 Å². The molecule has 1 aliphatic rings. The van der Waals surface area contributed by atoms with E-state index in [1.807, 2.05) is 0 Å². The molecule has 1 aromatic heterocycles.